The number of amides is 3. The summed E-state index contributed by atoms with van der Waals surface area (Å²) in [5.41, 5.74) is 0.459. The maximum atomic E-state index is 11.6. The predicted molar refractivity (Wildman–Crippen MR) is 63.4 cm³/mol. The molecular weight excluding hydrogens is 228 g/mol. The van der Waals surface area contributed by atoms with Crippen LogP contribution in [0.2, 0.25) is 0 Å². The summed E-state index contributed by atoms with van der Waals surface area (Å²) in [5.74, 6) is 0. The van der Waals surface area contributed by atoms with Crippen molar-refractivity contribution in [3.63, 3.8) is 0 Å². The van der Waals surface area contributed by atoms with Crippen LogP contribution >= 0.6 is 11.9 Å². The van der Waals surface area contributed by atoms with Gasteiger partial charge in [0.05, 0.1) is 12.8 Å². The van der Waals surface area contributed by atoms with Crippen molar-refractivity contribution in [1.29, 1.82) is 0 Å². The molecule has 0 heterocycles. The number of hydrogen-bond acceptors (Lipinski definition) is 4. The number of urea groups is 1. The van der Waals surface area contributed by atoms with Crippen LogP contribution in [0.25, 0.3) is 0 Å². The first-order chi connectivity index (χ1) is 7.70. The maximum absolute atomic E-state index is 11.6. The van der Waals surface area contributed by atoms with Gasteiger partial charge in [-0.05, 0) is 12.1 Å². The molecule has 1 aromatic carbocycles. The quantitative estimate of drug-likeness (QED) is 0.805. The van der Waals surface area contributed by atoms with Gasteiger partial charge >= 0.3 is 12.1 Å². The number of imide groups is 1. The van der Waals surface area contributed by atoms with E-state index in [2.05, 4.69) is 9.46 Å². The lowest BCUT2D eigenvalue weighted by Gasteiger charge is -2.18. The minimum Gasteiger partial charge on any atom is -0.452 e. The molecule has 1 N–H and O–H groups in total. The zero-order chi connectivity index (χ0) is 12.0. The van der Waals surface area contributed by atoms with Crippen LogP contribution in [0, 0.1) is 0 Å². The molecule has 6 heteroatoms. The minimum atomic E-state index is -0.724. The number of hydrogen-bond donors (Lipinski definition) is 1. The van der Waals surface area contributed by atoms with Gasteiger partial charge in [0.15, 0.2) is 0 Å². The summed E-state index contributed by atoms with van der Waals surface area (Å²) in [5, 5.41) is 0. The Kier molecular flexibility index (Phi) is 4.65. The lowest BCUT2D eigenvalue weighted by atomic mass is 10.3. The summed E-state index contributed by atoms with van der Waals surface area (Å²) < 4.78 is 7.01. The van der Waals surface area contributed by atoms with Crippen molar-refractivity contribution in [3.05, 3.63) is 30.3 Å². The Balaban J connectivity index is 2.97. The number of benzene rings is 1. The van der Waals surface area contributed by atoms with Crippen molar-refractivity contribution >= 4 is 29.8 Å². The second-order valence-electron chi connectivity index (χ2n) is 2.75. The number of methoxy groups -OCH3 is 1. The van der Waals surface area contributed by atoms with Crippen molar-refractivity contribution in [2.45, 2.75) is 0 Å². The second kappa shape index (κ2) is 6.02. The predicted octanol–water partition coefficient (Wildman–Crippen LogP) is 2.25. The molecule has 86 valence electrons. The van der Waals surface area contributed by atoms with E-state index in [9.17, 15) is 9.59 Å². The van der Waals surface area contributed by atoms with Crippen LogP contribution in [0.3, 0.4) is 0 Å². The molecule has 0 aliphatic carbocycles. The fourth-order valence-electron chi connectivity index (χ4n) is 1.11. The third kappa shape index (κ3) is 2.90. The lowest BCUT2D eigenvalue weighted by Crippen LogP contribution is -2.41. The number of nitrogens with zero attached hydrogens (tertiary/aromatic N) is 1. The summed E-state index contributed by atoms with van der Waals surface area (Å²) in [6.07, 6.45) is 0.969. The van der Waals surface area contributed by atoms with Crippen molar-refractivity contribution in [2.24, 2.45) is 0 Å². The molecule has 1 rings (SSSR count). The molecule has 0 aliphatic heterocycles. The number of nitrogens with one attached hydrogen (secondary N) is 1. The number of para-hydroxylation sites is 1. The van der Waals surface area contributed by atoms with Gasteiger partial charge in [-0.15, -0.1) is 0 Å². The lowest BCUT2D eigenvalue weighted by molar-refractivity contribution is 0.178. The Bertz CT molecular complexity index is 370. The average Bonchev–Trinajstić information content (AvgIpc) is 2.31. The third-order valence-corrected chi connectivity index (χ3v) is 2.14. The highest BCUT2D eigenvalue weighted by molar-refractivity contribution is 7.97. The van der Waals surface area contributed by atoms with Crippen LogP contribution in [0.15, 0.2) is 30.3 Å². The van der Waals surface area contributed by atoms with Crippen LogP contribution in [0.1, 0.15) is 0 Å². The summed E-state index contributed by atoms with van der Waals surface area (Å²) >= 11 is 1.11. The van der Waals surface area contributed by atoms with Crippen molar-refractivity contribution in [2.75, 3.05) is 18.3 Å². The molecule has 0 atom stereocenters. The molecule has 0 saturated carbocycles. The second-order valence-corrected chi connectivity index (χ2v) is 3.36. The topological polar surface area (TPSA) is 58.6 Å². The van der Waals surface area contributed by atoms with Gasteiger partial charge in [0, 0.05) is 6.26 Å². The maximum Gasteiger partial charge on any atom is 0.422 e. The fourth-order valence-corrected chi connectivity index (χ4v) is 1.37. The molecule has 0 saturated heterocycles. The van der Waals surface area contributed by atoms with Crippen LogP contribution in [-0.4, -0.2) is 25.5 Å². The molecule has 16 heavy (non-hydrogen) atoms. The Morgan fingerprint density at radius 3 is 2.44 bits per heavy atom. The van der Waals surface area contributed by atoms with Crippen molar-refractivity contribution in [3.8, 4) is 0 Å². The average molecular weight is 240 g/mol. The number of rotatable bonds is 2. The standard InChI is InChI=1S/C10H12N2O3S/c1-15-10(14)12(9(13)11-16-2)8-6-4-3-5-7-8/h3-7H,1-2H3,(H,11,13). The molecule has 0 aromatic heterocycles. The van der Waals surface area contributed by atoms with E-state index < -0.39 is 12.1 Å². The molecule has 5 nitrogen and oxygen atoms in total. The summed E-state index contributed by atoms with van der Waals surface area (Å²) in [4.78, 5) is 24.0. The van der Waals surface area contributed by atoms with Crippen molar-refractivity contribution in [1.82, 2.24) is 4.72 Å². The zero-order valence-electron chi connectivity index (χ0n) is 8.97. The summed E-state index contributed by atoms with van der Waals surface area (Å²) in [7, 11) is 1.23. The first kappa shape index (κ1) is 12.4. The Morgan fingerprint density at radius 2 is 1.94 bits per heavy atom. The highest BCUT2D eigenvalue weighted by Crippen LogP contribution is 2.14. The Hall–Kier alpha value is -1.69. The number of carbonyl (C=O) groups is 2. The highest BCUT2D eigenvalue weighted by atomic mass is 32.2. The van der Waals surface area contributed by atoms with Gasteiger partial charge in [0.25, 0.3) is 0 Å². The van der Waals surface area contributed by atoms with E-state index in [0.29, 0.717) is 5.69 Å². The smallest absolute Gasteiger partial charge is 0.422 e. The van der Waals surface area contributed by atoms with Gasteiger partial charge in [0.1, 0.15) is 0 Å². The fraction of sp³-hybridized carbons (Fsp3) is 0.200. The first-order valence-electron chi connectivity index (χ1n) is 4.46. The molecule has 1 aromatic rings. The van der Waals surface area contributed by atoms with Gasteiger partial charge in [0.2, 0.25) is 0 Å². The largest absolute Gasteiger partial charge is 0.452 e. The van der Waals surface area contributed by atoms with E-state index in [0.717, 1.165) is 16.8 Å². The van der Waals surface area contributed by atoms with E-state index in [1.54, 1.807) is 36.6 Å². The molecule has 0 bridgehead atoms. The van der Waals surface area contributed by atoms with E-state index in [4.69, 9.17) is 0 Å². The van der Waals surface area contributed by atoms with Crippen LogP contribution in [0.5, 0.6) is 0 Å². The molecule has 0 aliphatic rings. The molecule has 3 amide bonds. The van der Waals surface area contributed by atoms with Gasteiger partial charge in [-0.25, -0.2) is 9.59 Å². The third-order valence-electron chi connectivity index (χ3n) is 1.76. The van der Waals surface area contributed by atoms with Crippen LogP contribution < -0.4 is 9.62 Å². The van der Waals surface area contributed by atoms with E-state index in [-0.39, 0.29) is 0 Å². The van der Waals surface area contributed by atoms with E-state index in [1.807, 2.05) is 0 Å². The number of anilines is 1. The molecule has 0 fully saturated rings. The van der Waals surface area contributed by atoms with Gasteiger partial charge in [-0.1, -0.05) is 30.1 Å². The van der Waals surface area contributed by atoms with Gasteiger partial charge < -0.3 is 4.74 Å². The number of ether oxygens (including phenoxy) is 1. The monoisotopic (exact) mass is 240 g/mol. The van der Waals surface area contributed by atoms with E-state index in [1.165, 1.54) is 7.11 Å². The minimum absolute atomic E-state index is 0.459. The summed E-state index contributed by atoms with van der Waals surface area (Å²) in [6.45, 7) is 0. The summed E-state index contributed by atoms with van der Waals surface area (Å²) in [6, 6.07) is 8.03. The van der Waals surface area contributed by atoms with Crippen LogP contribution in [0.4, 0.5) is 15.3 Å². The van der Waals surface area contributed by atoms with Gasteiger partial charge in [-0.3, -0.25) is 4.72 Å². The molecule has 0 unspecified atom stereocenters. The molecule has 0 radical (unpaired) electrons. The highest BCUT2D eigenvalue weighted by Gasteiger charge is 2.23. The zero-order valence-corrected chi connectivity index (χ0v) is 9.78. The molecular formula is C10H12N2O3S. The SMILES string of the molecule is COC(=O)N(C(=O)NSC)c1ccccc1. The first-order valence-corrected chi connectivity index (χ1v) is 5.69. The normalized spacial score (nSPS) is 9.38. The Morgan fingerprint density at radius 1 is 1.31 bits per heavy atom. The number of carbonyl (C=O) groups excluding carboxylic acids is 2. The Labute approximate surface area is 97.9 Å². The molecule has 0 spiro atoms. The van der Waals surface area contributed by atoms with Gasteiger partial charge in [-0.2, -0.15) is 4.90 Å². The van der Waals surface area contributed by atoms with E-state index >= 15 is 0 Å². The van der Waals surface area contributed by atoms with Crippen molar-refractivity contribution < 1.29 is 14.3 Å². The van der Waals surface area contributed by atoms with Crippen LogP contribution in [-0.2, 0) is 4.74 Å².